The summed E-state index contributed by atoms with van der Waals surface area (Å²) in [5.41, 5.74) is 2.56. The first-order valence-corrected chi connectivity index (χ1v) is 7.96. The van der Waals surface area contributed by atoms with Crippen LogP contribution in [0.5, 0.6) is 0 Å². The van der Waals surface area contributed by atoms with Crippen molar-refractivity contribution < 1.29 is 9.21 Å². The van der Waals surface area contributed by atoms with E-state index in [0.717, 1.165) is 22.3 Å². The first-order valence-electron chi connectivity index (χ1n) is 7.96. The maximum atomic E-state index is 12.4. The Morgan fingerprint density at radius 3 is 2.76 bits per heavy atom. The second kappa shape index (κ2) is 6.60. The van der Waals surface area contributed by atoms with E-state index in [9.17, 15) is 4.79 Å². The zero-order valence-electron chi connectivity index (χ0n) is 13.4. The highest BCUT2D eigenvalue weighted by Crippen LogP contribution is 2.27. The summed E-state index contributed by atoms with van der Waals surface area (Å²) in [6.07, 6.45) is 4.83. The molecular weight excluding hydrogens is 316 g/mol. The summed E-state index contributed by atoms with van der Waals surface area (Å²) in [7, 11) is 0. The molecule has 1 aromatic carbocycles. The molecule has 1 N–H and O–H groups in total. The molecule has 0 aliphatic rings. The number of benzene rings is 1. The Morgan fingerprint density at radius 2 is 1.96 bits per heavy atom. The van der Waals surface area contributed by atoms with Crippen LogP contribution in [0.3, 0.4) is 0 Å². The predicted octanol–water partition coefficient (Wildman–Crippen LogP) is 3.01. The van der Waals surface area contributed by atoms with Gasteiger partial charge in [-0.05, 0) is 24.3 Å². The Hall–Kier alpha value is -3.41. The second-order valence-corrected chi connectivity index (χ2v) is 5.61. The minimum Gasteiger partial charge on any atom is -0.443 e. The number of carbonyl (C=O) groups excluding carboxylic acids is 1. The van der Waals surface area contributed by atoms with Crippen molar-refractivity contribution in [2.45, 2.75) is 13.1 Å². The van der Waals surface area contributed by atoms with Gasteiger partial charge in [-0.25, -0.2) is 4.98 Å². The van der Waals surface area contributed by atoms with Crippen molar-refractivity contribution in [3.63, 3.8) is 0 Å². The molecule has 3 heterocycles. The fraction of sp³-hybridized carbons (Fsp3) is 0.105. The topological polar surface area (TPSA) is 73.0 Å². The van der Waals surface area contributed by atoms with Crippen molar-refractivity contribution in [2.75, 3.05) is 0 Å². The number of nitrogens with one attached hydrogen (secondary N) is 1. The number of rotatable bonds is 5. The molecule has 0 saturated carbocycles. The van der Waals surface area contributed by atoms with Crippen molar-refractivity contribution in [3.8, 4) is 11.6 Å². The molecule has 4 rings (SSSR count). The van der Waals surface area contributed by atoms with E-state index in [-0.39, 0.29) is 12.5 Å². The Balaban J connectivity index is 1.60. The van der Waals surface area contributed by atoms with Gasteiger partial charge in [-0.2, -0.15) is 0 Å². The largest absolute Gasteiger partial charge is 0.443 e. The highest BCUT2D eigenvalue weighted by atomic mass is 16.3. The van der Waals surface area contributed by atoms with Crippen LogP contribution >= 0.6 is 0 Å². The van der Waals surface area contributed by atoms with Crippen molar-refractivity contribution in [1.82, 2.24) is 19.9 Å². The van der Waals surface area contributed by atoms with Gasteiger partial charge in [0.05, 0.1) is 18.4 Å². The summed E-state index contributed by atoms with van der Waals surface area (Å²) in [4.78, 5) is 20.9. The molecule has 0 fully saturated rings. The standard InChI is InChI=1S/C19H16N4O2/c24-18(22-12-15-6-3-4-8-20-15)13-23-16-7-2-1-5-14(16)11-17(23)19-21-9-10-25-19/h1-11H,12-13H2,(H,22,24). The average molecular weight is 332 g/mol. The third-order valence-corrected chi connectivity index (χ3v) is 3.96. The van der Waals surface area contributed by atoms with Gasteiger partial charge in [-0.1, -0.05) is 24.3 Å². The van der Waals surface area contributed by atoms with Gasteiger partial charge in [0.1, 0.15) is 18.5 Å². The third kappa shape index (κ3) is 3.14. The number of amides is 1. The first-order chi connectivity index (χ1) is 12.3. The van der Waals surface area contributed by atoms with Crippen molar-refractivity contribution in [1.29, 1.82) is 0 Å². The number of oxazole rings is 1. The summed E-state index contributed by atoms with van der Waals surface area (Å²) in [5, 5.41) is 3.94. The Kier molecular flexibility index (Phi) is 4.00. The minimum atomic E-state index is -0.0974. The van der Waals surface area contributed by atoms with E-state index in [1.807, 2.05) is 53.1 Å². The number of pyridine rings is 1. The SMILES string of the molecule is O=C(Cn1c(-c2ncco2)cc2ccccc21)NCc1ccccn1. The van der Waals surface area contributed by atoms with Crippen LogP contribution in [0, 0.1) is 0 Å². The Labute approximate surface area is 144 Å². The molecule has 0 aliphatic heterocycles. The molecule has 0 unspecified atom stereocenters. The number of fused-ring (bicyclic) bond motifs is 1. The van der Waals surface area contributed by atoms with Gasteiger partial charge in [-0.15, -0.1) is 0 Å². The van der Waals surface area contributed by atoms with Gasteiger partial charge in [0, 0.05) is 17.1 Å². The normalized spacial score (nSPS) is 10.9. The van der Waals surface area contributed by atoms with Crippen molar-refractivity contribution in [2.24, 2.45) is 0 Å². The minimum absolute atomic E-state index is 0.0974. The molecule has 0 spiro atoms. The van der Waals surface area contributed by atoms with Gasteiger partial charge in [0.25, 0.3) is 0 Å². The smallest absolute Gasteiger partial charge is 0.243 e. The highest BCUT2D eigenvalue weighted by molar-refractivity contribution is 5.88. The van der Waals surface area contributed by atoms with Crippen LogP contribution < -0.4 is 5.32 Å². The number of hydrogen-bond acceptors (Lipinski definition) is 4. The number of carbonyl (C=O) groups is 1. The van der Waals surface area contributed by atoms with E-state index in [1.54, 1.807) is 12.4 Å². The molecule has 124 valence electrons. The van der Waals surface area contributed by atoms with E-state index in [1.165, 1.54) is 6.26 Å². The van der Waals surface area contributed by atoms with Crippen molar-refractivity contribution in [3.05, 3.63) is 72.9 Å². The Morgan fingerprint density at radius 1 is 1.08 bits per heavy atom. The monoisotopic (exact) mass is 332 g/mol. The van der Waals surface area contributed by atoms with E-state index < -0.39 is 0 Å². The van der Waals surface area contributed by atoms with E-state index in [0.29, 0.717) is 12.4 Å². The van der Waals surface area contributed by atoms with Crippen LogP contribution in [0.4, 0.5) is 0 Å². The molecule has 6 heteroatoms. The lowest BCUT2D eigenvalue weighted by Gasteiger charge is -2.09. The van der Waals surface area contributed by atoms with Crippen LogP contribution in [-0.4, -0.2) is 20.4 Å². The quantitative estimate of drug-likeness (QED) is 0.610. The number of nitrogens with zero attached hydrogens (tertiary/aromatic N) is 3. The van der Waals surface area contributed by atoms with Crippen LogP contribution in [-0.2, 0) is 17.9 Å². The van der Waals surface area contributed by atoms with Crippen LogP contribution in [0.2, 0.25) is 0 Å². The summed E-state index contributed by atoms with van der Waals surface area (Å²) in [5.74, 6) is 0.397. The zero-order chi connectivity index (χ0) is 17.1. The summed E-state index contributed by atoms with van der Waals surface area (Å²) in [6, 6.07) is 15.5. The van der Waals surface area contributed by atoms with Gasteiger partial charge in [0.15, 0.2) is 0 Å². The van der Waals surface area contributed by atoms with Gasteiger partial charge in [0.2, 0.25) is 11.8 Å². The molecule has 0 saturated heterocycles. The maximum Gasteiger partial charge on any atom is 0.243 e. The number of hydrogen-bond donors (Lipinski definition) is 1. The van der Waals surface area contributed by atoms with Crippen LogP contribution in [0.25, 0.3) is 22.5 Å². The molecule has 3 aromatic heterocycles. The number of aromatic nitrogens is 3. The van der Waals surface area contributed by atoms with Gasteiger partial charge in [-0.3, -0.25) is 9.78 Å². The average Bonchev–Trinajstić information content (AvgIpc) is 3.29. The Bertz CT molecular complexity index is 991. The molecule has 6 nitrogen and oxygen atoms in total. The van der Waals surface area contributed by atoms with Crippen LogP contribution in [0.15, 0.2) is 71.6 Å². The number of para-hydroxylation sites is 1. The molecule has 0 aliphatic carbocycles. The molecule has 4 aromatic rings. The lowest BCUT2D eigenvalue weighted by atomic mass is 10.2. The third-order valence-electron chi connectivity index (χ3n) is 3.96. The van der Waals surface area contributed by atoms with E-state index in [2.05, 4.69) is 15.3 Å². The highest BCUT2D eigenvalue weighted by Gasteiger charge is 2.16. The molecule has 0 radical (unpaired) electrons. The fourth-order valence-corrected chi connectivity index (χ4v) is 2.80. The first kappa shape index (κ1) is 15.1. The molecule has 0 bridgehead atoms. The maximum absolute atomic E-state index is 12.4. The molecule has 25 heavy (non-hydrogen) atoms. The second-order valence-electron chi connectivity index (χ2n) is 5.61. The lowest BCUT2D eigenvalue weighted by Crippen LogP contribution is -2.27. The van der Waals surface area contributed by atoms with E-state index in [4.69, 9.17) is 4.42 Å². The summed E-state index contributed by atoms with van der Waals surface area (Å²) in [6.45, 7) is 0.575. The van der Waals surface area contributed by atoms with Crippen LogP contribution in [0.1, 0.15) is 5.69 Å². The predicted molar refractivity (Wildman–Crippen MR) is 93.5 cm³/mol. The van der Waals surface area contributed by atoms with Gasteiger partial charge >= 0.3 is 0 Å². The fourth-order valence-electron chi connectivity index (χ4n) is 2.80. The zero-order valence-corrected chi connectivity index (χ0v) is 13.4. The van der Waals surface area contributed by atoms with Gasteiger partial charge < -0.3 is 14.3 Å². The lowest BCUT2D eigenvalue weighted by molar-refractivity contribution is -0.121. The molecule has 1 amide bonds. The molecular formula is C19H16N4O2. The van der Waals surface area contributed by atoms with Crippen molar-refractivity contribution >= 4 is 16.8 Å². The summed E-state index contributed by atoms with van der Waals surface area (Å²) >= 11 is 0. The van der Waals surface area contributed by atoms with E-state index >= 15 is 0 Å². The molecule has 0 atom stereocenters. The summed E-state index contributed by atoms with van der Waals surface area (Å²) < 4.78 is 7.34.